The lowest BCUT2D eigenvalue weighted by Gasteiger charge is -2.27. The van der Waals surface area contributed by atoms with Crippen molar-refractivity contribution in [1.29, 1.82) is 0 Å². The summed E-state index contributed by atoms with van der Waals surface area (Å²) in [5.41, 5.74) is 1.67. The Bertz CT molecular complexity index is 455. The fourth-order valence-corrected chi connectivity index (χ4v) is 2.54. The van der Waals surface area contributed by atoms with Gasteiger partial charge in [0.2, 0.25) is 5.91 Å². The highest BCUT2D eigenvalue weighted by Gasteiger charge is 2.13. The quantitative estimate of drug-likeness (QED) is 0.810. The molecule has 0 bridgehead atoms. The Labute approximate surface area is 132 Å². The van der Waals surface area contributed by atoms with E-state index in [1.54, 1.807) is 0 Å². The van der Waals surface area contributed by atoms with Gasteiger partial charge in [-0.3, -0.25) is 9.69 Å². The van der Waals surface area contributed by atoms with Crippen molar-refractivity contribution in [3.8, 4) is 0 Å². The lowest BCUT2D eigenvalue weighted by Crippen LogP contribution is -2.37. The maximum atomic E-state index is 11.5. The molecule has 22 heavy (non-hydrogen) atoms. The fraction of sp³-hybridized carbons (Fsp3) is 0.588. The average Bonchev–Trinajstić information content (AvgIpc) is 2.54. The number of hydrogen-bond acceptors (Lipinski definition) is 4. The van der Waals surface area contributed by atoms with Crippen molar-refractivity contribution in [2.75, 3.05) is 38.2 Å². The molecule has 5 nitrogen and oxygen atoms in total. The molecule has 1 atom stereocenters. The normalized spacial score (nSPS) is 17.2. The van der Waals surface area contributed by atoms with E-state index in [2.05, 4.69) is 10.2 Å². The van der Waals surface area contributed by atoms with Gasteiger partial charge in [0.15, 0.2) is 0 Å². The molecule has 0 radical (unpaired) electrons. The number of carbonyl (C=O) groups excluding carboxylic acids is 1. The van der Waals surface area contributed by atoms with E-state index in [0.29, 0.717) is 12.8 Å². The van der Waals surface area contributed by atoms with E-state index >= 15 is 0 Å². The predicted molar refractivity (Wildman–Crippen MR) is 86.8 cm³/mol. The van der Waals surface area contributed by atoms with Crippen molar-refractivity contribution >= 4 is 11.6 Å². The summed E-state index contributed by atoms with van der Waals surface area (Å²) in [5.74, 6) is 0.0307. The maximum Gasteiger partial charge on any atom is 0.224 e. The van der Waals surface area contributed by atoms with Gasteiger partial charge in [0, 0.05) is 31.7 Å². The summed E-state index contributed by atoms with van der Waals surface area (Å²) in [5, 5.41) is 13.1. The average molecular weight is 306 g/mol. The number of morpholine rings is 1. The number of benzene rings is 1. The summed E-state index contributed by atoms with van der Waals surface area (Å²) < 4.78 is 5.31. The molecule has 1 aromatic rings. The van der Waals surface area contributed by atoms with Gasteiger partial charge < -0.3 is 15.2 Å². The Morgan fingerprint density at radius 3 is 2.64 bits per heavy atom. The second-order valence-electron chi connectivity index (χ2n) is 5.68. The first-order valence-corrected chi connectivity index (χ1v) is 8.07. The SMILES string of the molecule is CCCC(=O)Nc1ccc(C(O)CCN2CCOCC2)cc1. The van der Waals surface area contributed by atoms with Crippen molar-refractivity contribution in [3.05, 3.63) is 29.8 Å². The molecule has 122 valence electrons. The molecule has 2 N–H and O–H groups in total. The van der Waals surface area contributed by atoms with Crippen LogP contribution in [0, 0.1) is 0 Å². The molecule has 0 aromatic heterocycles. The zero-order chi connectivity index (χ0) is 15.8. The van der Waals surface area contributed by atoms with Gasteiger partial charge in [-0.2, -0.15) is 0 Å². The minimum atomic E-state index is -0.469. The molecule has 1 aliphatic rings. The summed E-state index contributed by atoms with van der Waals surface area (Å²) in [6, 6.07) is 7.46. The van der Waals surface area contributed by atoms with Crippen LogP contribution in [0.25, 0.3) is 0 Å². The highest BCUT2D eigenvalue weighted by molar-refractivity contribution is 5.90. The number of aliphatic hydroxyl groups is 1. The Kier molecular flexibility index (Phi) is 6.83. The van der Waals surface area contributed by atoms with Gasteiger partial charge in [-0.25, -0.2) is 0 Å². The largest absolute Gasteiger partial charge is 0.388 e. The van der Waals surface area contributed by atoms with Gasteiger partial charge in [0.1, 0.15) is 0 Å². The van der Waals surface area contributed by atoms with Crippen molar-refractivity contribution in [2.45, 2.75) is 32.3 Å². The lowest BCUT2D eigenvalue weighted by molar-refractivity contribution is -0.116. The minimum absolute atomic E-state index is 0.0307. The Morgan fingerprint density at radius 1 is 1.32 bits per heavy atom. The van der Waals surface area contributed by atoms with Gasteiger partial charge in [-0.05, 0) is 30.5 Å². The van der Waals surface area contributed by atoms with Crippen LogP contribution in [0.15, 0.2) is 24.3 Å². The van der Waals surface area contributed by atoms with Crippen LogP contribution in [0.2, 0.25) is 0 Å². The molecule has 5 heteroatoms. The third kappa shape index (κ3) is 5.40. The van der Waals surface area contributed by atoms with Crippen molar-refractivity contribution in [2.24, 2.45) is 0 Å². The number of nitrogens with one attached hydrogen (secondary N) is 1. The third-order valence-electron chi connectivity index (χ3n) is 3.88. The van der Waals surface area contributed by atoms with Crippen LogP contribution in [-0.2, 0) is 9.53 Å². The van der Waals surface area contributed by atoms with Gasteiger partial charge in [0.05, 0.1) is 19.3 Å². The van der Waals surface area contributed by atoms with E-state index in [0.717, 1.165) is 50.5 Å². The van der Waals surface area contributed by atoms with Crippen LogP contribution in [0.5, 0.6) is 0 Å². The van der Waals surface area contributed by atoms with E-state index in [4.69, 9.17) is 4.74 Å². The molecule has 2 rings (SSSR count). The third-order valence-corrected chi connectivity index (χ3v) is 3.88. The molecular weight excluding hydrogens is 280 g/mol. The van der Waals surface area contributed by atoms with Crippen molar-refractivity contribution in [3.63, 3.8) is 0 Å². The number of amides is 1. The number of aliphatic hydroxyl groups excluding tert-OH is 1. The Morgan fingerprint density at radius 2 is 2.00 bits per heavy atom. The molecule has 0 saturated carbocycles. The smallest absolute Gasteiger partial charge is 0.224 e. The molecule has 1 amide bonds. The number of carbonyl (C=O) groups is 1. The highest BCUT2D eigenvalue weighted by atomic mass is 16.5. The number of nitrogens with zero attached hydrogens (tertiary/aromatic N) is 1. The first-order chi connectivity index (χ1) is 10.7. The maximum absolute atomic E-state index is 11.5. The molecule has 1 heterocycles. The zero-order valence-corrected chi connectivity index (χ0v) is 13.3. The Hall–Kier alpha value is -1.43. The number of ether oxygens (including phenoxy) is 1. The minimum Gasteiger partial charge on any atom is -0.388 e. The van der Waals surface area contributed by atoms with Crippen LogP contribution in [-0.4, -0.2) is 48.8 Å². The summed E-state index contributed by atoms with van der Waals surface area (Å²) in [6.45, 7) is 6.29. The van der Waals surface area contributed by atoms with E-state index in [9.17, 15) is 9.90 Å². The van der Waals surface area contributed by atoms with Crippen LogP contribution < -0.4 is 5.32 Å². The second-order valence-corrected chi connectivity index (χ2v) is 5.68. The van der Waals surface area contributed by atoms with E-state index in [1.165, 1.54) is 0 Å². The van der Waals surface area contributed by atoms with E-state index < -0.39 is 6.10 Å². The topological polar surface area (TPSA) is 61.8 Å². The monoisotopic (exact) mass is 306 g/mol. The summed E-state index contributed by atoms with van der Waals surface area (Å²) in [6.07, 6.45) is 1.61. The van der Waals surface area contributed by atoms with Crippen LogP contribution in [0.3, 0.4) is 0 Å². The molecular formula is C17H26N2O3. The first-order valence-electron chi connectivity index (χ1n) is 8.07. The second kappa shape index (κ2) is 8.88. The zero-order valence-electron chi connectivity index (χ0n) is 13.3. The molecule has 1 saturated heterocycles. The van der Waals surface area contributed by atoms with Gasteiger partial charge >= 0.3 is 0 Å². The summed E-state index contributed by atoms with van der Waals surface area (Å²) in [4.78, 5) is 13.8. The summed E-state index contributed by atoms with van der Waals surface area (Å²) in [7, 11) is 0. The molecule has 1 unspecified atom stereocenters. The summed E-state index contributed by atoms with van der Waals surface area (Å²) >= 11 is 0. The van der Waals surface area contributed by atoms with E-state index in [-0.39, 0.29) is 5.91 Å². The van der Waals surface area contributed by atoms with E-state index in [1.807, 2.05) is 31.2 Å². The predicted octanol–water partition coefficient (Wildman–Crippen LogP) is 2.18. The molecule has 1 aromatic carbocycles. The van der Waals surface area contributed by atoms with Gasteiger partial charge in [-0.15, -0.1) is 0 Å². The van der Waals surface area contributed by atoms with Crippen LogP contribution in [0.4, 0.5) is 5.69 Å². The molecule has 0 spiro atoms. The van der Waals surface area contributed by atoms with Crippen LogP contribution >= 0.6 is 0 Å². The van der Waals surface area contributed by atoms with Crippen molar-refractivity contribution in [1.82, 2.24) is 4.90 Å². The molecule has 0 aliphatic carbocycles. The highest BCUT2D eigenvalue weighted by Crippen LogP contribution is 2.20. The number of rotatable bonds is 7. The fourth-order valence-electron chi connectivity index (χ4n) is 2.54. The first kappa shape index (κ1) is 16.9. The Balaban J connectivity index is 1.79. The molecule has 1 aliphatic heterocycles. The number of anilines is 1. The van der Waals surface area contributed by atoms with Crippen LogP contribution in [0.1, 0.15) is 37.9 Å². The van der Waals surface area contributed by atoms with Crippen molar-refractivity contribution < 1.29 is 14.6 Å². The number of hydrogen-bond donors (Lipinski definition) is 2. The van der Waals surface area contributed by atoms with Gasteiger partial charge in [0.25, 0.3) is 0 Å². The molecule has 1 fully saturated rings. The van der Waals surface area contributed by atoms with Gasteiger partial charge in [-0.1, -0.05) is 19.1 Å². The standard InChI is InChI=1S/C17H26N2O3/c1-2-3-17(21)18-15-6-4-14(5-7-15)16(20)8-9-19-10-12-22-13-11-19/h4-7,16,20H,2-3,8-13H2,1H3,(H,18,21). The lowest BCUT2D eigenvalue weighted by atomic mass is 10.1.